The average molecular weight is 240 g/mol. The fourth-order valence-corrected chi connectivity index (χ4v) is 2.88. The van der Waals surface area contributed by atoms with E-state index >= 15 is 0 Å². The van der Waals surface area contributed by atoms with Gasteiger partial charge < -0.3 is 5.32 Å². The van der Waals surface area contributed by atoms with Crippen LogP contribution < -0.4 is 5.32 Å². The summed E-state index contributed by atoms with van der Waals surface area (Å²) in [7, 11) is 0. The molecular weight excluding hydrogens is 216 g/mol. The molecule has 2 nitrogen and oxygen atoms in total. The molecular formula is C13H24N2S. The summed E-state index contributed by atoms with van der Waals surface area (Å²) in [4.78, 5) is 4.58. The normalized spacial score (nSPS) is 15.4. The van der Waals surface area contributed by atoms with Crippen molar-refractivity contribution in [3.8, 4) is 0 Å². The smallest absolute Gasteiger partial charge is 0.110 e. The van der Waals surface area contributed by atoms with E-state index in [2.05, 4.69) is 50.3 Å². The first-order valence-electron chi connectivity index (χ1n) is 6.26. The van der Waals surface area contributed by atoms with E-state index in [1.165, 1.54) is 11.4 Å². The molecule has 0 saturated heterocycles. The number of nitrogens with zero attached hydrogens (tertiary/aromatic N) is 1. The van der Waals surface area contributed by atoms with Gasteiger partial charge in [0.2, 0.25) is 0 Å². The summed E-state index contributed by atoms with van der Waals surface area (Å²) >= 11 is 1.77. The fourth-order valence-electron chi connectivity index (χ4n) is 1.94. The van der Waals surface area contributed by atoms with E-state index in [-0.39, 0.29) is 0 Å². The first-order valence-corrected chi connectivity index (χ1v) is 7.14. The van der Waals surface area contributed by atoms with Crippen molar-refractivity contribution in [3.63, 3.8) is 0 Å². The fraction of sp³-hybridized carbons (Fsp3) is 0.769. The first kappa shape index (κ1) is 13.7. The number of thiazole rings is 1. The number of rotatable bonds is 6. The lowest BCUT2D eigenvalue weighted by Crippen LogP contribution is -2.36. The number of aromatic nitrogens is 1. The van der Waals surface area contributed by atoms with Gasteiger partial charge in [-0.15, -0.1) is 11.3 Å². The Morgan fingerprint density at radius 2 is 2.00 bits per heavy atom. The standard InChI is InChI=1S/C13H24N2S/c1-6-11(9(3)4)15-12(7-2)13-14-10(5)8-16-13/h8-9,11-12,15H,6-7H2,1-5H3. The molecule has 1 rings (SSSR count). The topological polar surface area (TPSA) is 24.9 Å². The van der Waals surface area contributed by atoms with Crippen molar-refractivity contribution in [2.24, 2.45) is 5.92 Å². The van der Waals surface area contributed by atoms with Crippen molar-refractivity contribution in [1.29, 1.82) is 0 Å². The summed E-state index contributed by atoms with van der Waals surface area (Å²) in [6, 6.07) is 1.01. The van der Waals surface area contributed by atoms with Crippen LogP contribution in [0.5, 0.6) is 0 Å². The second kappa shape index (κ2) is 6.36. The van der Waals surface area contributed by atoms with Crippen LogP contribution in [0, 0.1) is 12.8 Å². The molecule has 1 heterocycles. The van der Waals surface area contributed by atoms with E-state index in [0.717, 1.165) is 12.1 Å². The van der Waals surface area contributed by atoms with Crippen molar-refractivity contribution < 1.29 is 0 Å². The maximum absolute atomic E-state index is 4.58. The maximum Gasteiger partial charge on any atom is 0.110 e. The Morgan fingerprint density at radius 1 is 1.31 bits per heavy atom. The highest BCUT2D eigenvalue weighted by atomic mass is 32.1. The van der Waals surface area contributed by atoms with E-state index < -0.39 is 0 Å². The van der Waals surface area contributed by atoms with Gasteiger partial charge in [-0.25, -0.2) is 4.98 Å². The van der Waals surface area contributed by atoms with Gasteiger partial charge in [-0.1, -0.05) is 27.7 Å². The molecule has 0 amide bonds. The Balaban J connectivity index is 2.68. The molecule has 0 aliphatic heterocycles. The molecule has 1 N–H and O–H groups in total. The minimum Gasteiger partial charge on any atom is -0.305 e. The third-order valence-electron chi connectivity index (χ3n) is 3.00. The van der Waals surface area contributed by atoms with Crippen LogP contribution in [0.1, 0.15) is 57.3 Å². The lowest BCUT2D eigenvalue weighted by atomic mass is 10.0. The van der Waals surface area contributed by atoms with Crippen molar-refractivity contribution in [3.05, 3.63) is 16.1 Å². The molecule has 0 radical (unpaired) electrons. The maximum atomic E-state index is 4.58. The van der Waals surface area contributed by atoms with Gasteiger partial charge in [-0.3, -0.25) is 0 Å². The van der Waals surface area contributed by atoms with Crippen molar-refractivity contribution in [2.45, 2.75) is 59.5 Å². The van der Waals surface area contributed by atoms with Crippen molar-refractivity contribution in [2.75, 3.05) is 0 Å². The Labute approximate surface area is 103 Å². The van der Waals surface area contributed by atoms with Crippen LogP contribution in [-0.4, -0.2) is 11.0 Å². The molecule has 2 atom stereocenters. The second-order valence-electron chi connectivity index (χ2n) is 4.71. The van der Waals surface area contributed by atoms with Gasteiger partial charge in [0.1, 0.15) is 5.01 Å². The van der Waals surface area contributed by atoms with Crippen molar-refractivity contribution in [1.82, 2.24) is 10.3 Å². The van der Waals surface area contributed by atoms with Crippen LogP contribution in [0.4, 0.5) is 0 Å². The van der Waals surface area contributed by atoms with Crippen LogP contribution in [0.2, 0.25) is 0 Å². The molecule has 1 aromatic rings. The molecule has 0 aromatic carbocycles. The van der Waals surface area contributed by atoms with Gasteiger partial charge in [-0.2, -0.15) is 0 Å². The number of hydrogen-bond acceptors (Lipinski definition) is 3. The molecule has 16 heavy (non-hydrogen) atoms. The van der Waals surface area contributed by atoms with Crippen LogP contribution in [0.25, 0.3) is 0 Å². The van der Waals surface area contributed by atoms with E-state index in [1.807, 2.05) is 0 Å². The number of hydrogen-bond donors (Lipinski definition) is 1. The Bertz CT molecular complexity index is 307. The highest BCUT2D eigenvalue weighted by molar-refractivity contribution is 7.09. The van der Waals surface area contributed by atoms with Gasteiger partial charge >= 0.3 is 0 Å². The van der Waals surface area contributed by atoms with E-state index in [1.54, 1.807) is 11.3 Å². The zero-order chi connectivity index (χ0) is 12.1. The molecule has 2 unspecified atom stereocenters. The summed E-state index contributed by atoms with van der Waals surface area (Å²) in [5, 5.41) is 7.10. The van der Waals surface area contributed by atoms with Crippen LogP contribution in [0.3, 0.4) is 0 Å². The minimum absolute atomic E-state index is 0.422. The summed E-state index contributed by atoms with van der Waals surface area (Å²) in [5.74, 6) is 0.681. The summed E-state index contributed by atoms with van der Waals surface area (Å²) in [6.07, 6.45) is 2.29. The lowest BCUT2D eigenvalue weighted by Gasteiger charge is -2.25. The molecule has 0 aliphatic carbocycles. The monoisotopic (exact) mass is 240 g/mol. The molecule has 0 spiro atoms. The van der Waals surface area contributed by atoms with Gasteiger partial charge in [0, 0.05) is 17.1 Å². The minimum atomic E-state index is 0.422. The summed E-state index contributed by atoms with van der Waals surface area (Å²) in [6.45, 7) is 11.1. The van der Waals surface area contributed by atoms with Gasteiger partial charge in [0.15, 0.2) is 0 Å². The van der Waals surface area contributed by atoms with Gasteiger partial charge in [0.25, 0.3) is 0 Å². The Kier molecular flexibility index (Phi) is 5.42. The third-order valence-corrected chi connectivity index (χ3v) is 4.08. The predicted octanol–water partition coefficient (Wildman–Crippen LogP) is 3.93. The SMILES string of the molecule is CCC(NC(CC)C(C)C)c1nc(C)cs1. The molecule has 1 aromatic heterocycles. The molecule has 0 fully saturated rings. The lowest BCUT2D eigenvalue weighted by molar-refractivity contribution is 0.340. The van der Waals surface area contributed by atoms with Crippen molar-refractivity contribution >= 4 is 11.3 Å². The Morgan fingerprint density at radius 3 is 2.38 bits per heavy atom. The predicted molar refractivity (Wildman–Crippen MR) is 71.9 cm³/mol. The zero-order valence-corrected chi connectivity index (χ0v) is 11.9. The zero-order valence-electron chi connectivity index (χ0n) is 11.1. The van der Waals surface area contributed by atoms with E-state index in [4.69, 9.17) is 0 Å². The van der Waals surface area contributed by atoms with Gasteiger partial charge in [0.05, 0.1) is 6.04 Å². The van der Waals surface area contributed by atoms with Crippen LogP contribution in [0.15, 0.2) is 5.38 Å². The molecule has 0 aliphatic rings. The van der Waals surface area contributed by atoms with Gasteiger partial charge in [-0.05, 0) is 25.7 Å². The largest absolute Gasteiger partial charge is 0.305 e. The average Bonchev–Trinajstić information content (AvgIpc) is 2.66. The highest BCUT2D eigenvalue weighted by Gasteiger charge is 2.18. The number of nitrogens with one attached hydrogen (secondary N) is 1. The van der Waals surface area contributed by atoms with Crippen LogP contribution in [-0.2, 0) is 0 Å². The molecule has 0 bridgehead atoms. The third kappa shape index (κ3) is 3.56. The summed E-state index contributed by atoms with van der Waals surface area (Å²) < 4.78 is 0. The second-order valence-corrected chi connectivity index (χ2v) is 5.60. The molecule has 3 heteroatoms. The number of aryl methyl sites for hydroxylation is 1. The van der Waals surface area contributed by atoms with E-state index in [9.17, 15) is 0 Å². The van der Waals surface area contributed by atoms with E-state index in [0.29, 0.717) is 18.0 Å². The summed E-state index contributed by atoms with van der Waals surface area (Å²) in [5.41, 5.74) is 1.14. The Hall–Kier alpha value is -0.410. The quantitative estimate of drug-likeness (QED) is 0.815. The molecule has 92 valence electrons. The van der Waals surface area contributed by atoms with Crippen LogP contribution >= 0.6 is 11.3 Å². The molecule has 0 saturated carbocycles. The first-order chi connectivity index (χ1) is 7.58. The highest BCUT2D eigenvalue weighted by Crippen LogP contribution is 2.23.